The summed E-state index contributed by atoms with van der Waals surface area (Å²) in [6.45, 7) is 1.94. The number of nitrogens with zero attached hydrogens (tertiary/aromatic N) is 1. The van der Waals surface area contributed by atoms with Crippen molar-refractivity contribution in [3.63, 3.8) is 0 Å². The van der Waals surface area contributed by atoms with Crippen LogP contribution < -0.4 is 15.0 Å². The molecule has 1 saturated heterocycles. The van der Waals surface area contributed by atoms with E-state index in [2.05, 4.69) is 10.1 Å². The molecule has 0 radical (unpaired) electrons. The molecule has 2 amide bonds. The molecule has 1 fully saturated rings. The van der Waals surface area contributed by atoms with Crippen molar-refractivity contribution in [2.45, 2.75) is 38.3 Å². The predicted molar refractivity (Wildman–Crippen MR) is 98.6 cm³/mol. The molecule has 1 heterocycles. The topological polar surface area (TPSA) is 58.6 Å². The fourth-order valence-corrected chi connectivity index (χ4v) is 3.06. The van der Waals surface area contributed by atoms with Crippen molar-refractivity contribution in [2.75, 3.05) is 10.2 Å². The number of alkyl halides is 4. The highest BCUT2D eigenvalue weighted by molar-refractivity contribution is 6.06. The van der Waals surface area contributed by atoms with Crippen LogP contribution in [0.15, 0.2) is 48.5 Å². The lowest BCUT2D eigenvalue weighted by molar-refractivity contribution is -0.253. The first-order chi connectivity index (χ1) is 13.7. The maximum Gasteiger partial charge on any atom is 0.461 e. The maximum atomic E-state index is 13.2. The Kier molecular flexibility index (Phi) is 5.76. The van der Waals surface area contributed by atoms with E-state index in [1.165, 1.54) is 18.2 Å². The van der Waals surface area contributed by atoms with E-state index >= 15 is 0 Å². The van der Waals surface area contributed by atoms with Gasteiger partial charge in [-0.05, 0) is 49.7 Å². The smallest absolute Gasteiger partial charge is 0.427 e. The second-order valence-corrected chi connectivity index (χ2v) is 6.61. The number of carbonyl (C=O) groups excluding carboxylic acids is 2. The van der Waals surface area contributed by atoms with Crippen LogP contribution in [0.3, 0.4) is 0 Å². The number of para-hydroxylation sites is 1. The number of halogens is 4. The van der Waals surface area contributed by atoms with Crippen LogP contribution in [-0.4, -0.2) is 30.4 Å². The molecule has 0 bridgehead atoms. The van der Waals surface area contributed by atoms with E-state index in [0.29, 0.717) is 17.8 Å². The van der Waals surface area contributed by atoms with Crippen LogP contribution in [-0.2, 0) is 4.79 Å². The monoisotopic (exact) mass is 410 g/mol. The molecule has 2 aromatic rings. The van der Waals surface area contributed by atoms with Crippen LogP contribution in [0.4, 0.5) is 28.9 Å². The molecule has 3 rings (SSSR count). The molecule has 1 atom stereocenters. The van der Waals surface area contributed by atoms with Crippen molar-refractivity contribution in [2.24, 2.45) is 0 Å². The number of anilines is 2. The minimum atomic E-state index is -4.73. The van der Waals surface area contributed by atoms with Crippen LogP contribution in [0.5, 0.6) is 5.75 Å². The van der Waals surface area contributed by atoms with Gasteiger partial charge in [-0.1, -0.05) is 12.1 Å². The van der Waals surface area contributed by atoms with Crippen LogP contribution in [0, 0.1) is 0 Å². The molecule has 2 aromatic carbocycles. The van der Waals surface area contributed by atoms with Crippen LogP contribution in [0.1, 0.15) is 30.1 Å². The molecule has 5 nitrogen and oxygen atoms in total. The Morgan fingerprint density at radius 1 is 1.17 bits per heavy atom. The Bertz CT molecular complexity index is 903. The number of hydrogen-bond donors (Lipinski definition) is 1. The van der Waals surface area contributed by atoms with Gasteiger partial charge in [0.2, 0.25) is 5.91 Å². The summed E-state index contributed by atoms with van der Waals surface area (Å²) in [5.74, 6) is -1.45. The van der Waals surface area contributed by atoms with E-state index in [0.717, 1.165) is 12.5 Å². The van der Waals surface area contributed by atoms with Gasteiger partial charge >= 0.3 is 12.5 Å². The highest BCUT2D eigenvalue weighted by atomic mass is 19.3. The number of benzene rings is 2. The van der Waals surface area contributed by atoms with Crippen molar-refractivity contribution in [1.82, 2.24) is 0 Å². The number of ether oxygens (including phenoxy) is 1. The average molecular weight is 410 g/mol. The normalized spacial score (nSPS) is 17.0. The van der Waals surface area contributed by atoms with Gasteiger partial charge in [-0.3, -0.25) is 9.59 Å². The summed E-state index contributed by atoms with van der Waals surface area (Å²) in [5, 5.41) is 2.50. The summed E-state index contributed by atoms with van der Waals surface area (Å²) in [4.78, 5) is 26.1. The van der Waals surface area contributed by atoms with Gasteiger partial charge < -0.3 is 15.0 Å². The van der Waals surface area contributed by atoms with E-state index in [9.17, 15) is 27.2 Å². The summed E-state index contributed by atoms with van der Waals surface area (Å²) in [7, 11) is 0. The zero-order chi connectivity index (χ0) is 21.2. The molecule has 9 heteroatoms. The van der Waals surface area contributed by atoms with Crippen LogP contribution >= 0.6 is 0 Å². The van der Waals surface area contributed by atoms with Gasteiger partial charge in [0.25, 0.3) is 5.91 Å². The van der Waals surface area contributed by atoms with Gasteiger partial charge in [0.1, 0.15) is 5.75 Å². The molecule has 0 aliphatic carbocycles. The van der Waals surface area contributed by atoms with Crippen molar-refractivity contribution < 1.29 is 31.9 Å². The summed E-state index contributed by atoms with van der Waals surface area (Å²) >= 11 is 0. The van der Waals surface area contributed by atoms with E-state index < -0.39 is 24.2 Å². The Morgan fingerprint density at radius 3 is 2.41 bits per heavy atom. The standard InChI is InChI=1S/C20H18F4N2O3/c1-12-6-11-17(27)26(12)14-9-7-13(8-10-14)25-18(28)15-4-2-3-5-16(15)29-20(23,24)19(21)22/h2-5,7-10,12,19H,6,11H2,1H3,(H,25,28). The molecule has 1 aliphatic rings. The third-order valence-electron chi connectivity index (χ3n) is 4.52. The lowest BCUT2D eigenvalue weighted by Gasteiger charge is -2.22. The number of carbonyl (C=O) groups is 2. The van der Waals surface area contributed by atoms with Crippen molar-refractivity contribution in [3.8, 4) is 5.75 Å². The third kappa shape index (κ3) is 4.49. The average Bonchev–Trinajstić information content (AvgIpc) is 3.01. The van der Waals surface area contributed by atoms with Gasteiger partial charge in [0.15, 0.2) is 0 Å². The minimum absolute atomic E-state index is 0.0142. The van der Waals surface area contributed by atoms with Gasteiger partial charge in [0.05, 0.1) is 5.56 Å². The molecule has 1 aliphatic heterocycles. The number of amides is 2. The molecular formula is C20H18F4N2O3. The number of rotatable bonds is 6. The molecule has 0 saturated carbocycles. The highest BCUT2D eigenvalue weighted by Crippen LogP contribution is 2.31. The van der Waals surface area contributed by atoms with Crippen molar-refractivity contribution >= 4 is 23.2 Å². The summed E-state index contributed by atoms with van der Waals surface area (Å²) in [6.07, 6.45) is -7.53. The molecule has 1 N–H and O–H groups in total. The summed E-state index contributed by atoms with van der Waals surface area (Å²) in [6, 6.07) is 11.4. The van der Waals surface area contributed by atoms with Crippen molar-refractivity contribution in [1.29, 1.82) is 0 Å². The Labute approximate surface area is 164 Å². The molecular weight excluding hydrogens is 392 g/mol. The molecule has 154 valence electrons. The lowest BCUT2D eigenvalue weighted by Crippen LogP contribution is -2.34. The number of nitrogens with one attached hydrogen (secondary N) is 1. The minimum Gasteiger partial charge on any atom is -0.427 e. The summed E-state index contributed by atoms with van der Waals surface area (Å²) in [5.41, 5.74) is 0.701. The second kappa shape index (κ2) is 8.10. The van der Waals surface area contributed by atoms with Crippen LogP contribution in [0.25, 0.3) is 0 Å². The molecule has 0 aromatic heterocycles. The second-order valence-electron chi connectivity index (χ2n) is 6.61. The largest absolute Gasteiger partial charge is 0.461 e. The van der Waals surface area contributed by atoms with Crippen LogP contribution in [0.2, 0.25) is 0 Å². The maximum absolute atomic E-state index is 13.2. The zero-order valence-corrected chi connectivity index (χ0v) is 15.4. The molecule has 1 unspecified atom stereocenters. The summed E-state index contributed by atoms with van der Waals surface area (Å²) < 4.78 is 55.3. The first kappa shape index (κ1) is 20.6. The Balaban J connectivity index is 1.75. The van der Waals surface area contributed by atoms with E-state index in [4.69, 9.17) is 0 Å². The van der Waals surface area contributed by atoms with E-state index in [1.54, 1.807) is 29.2 Å². The van der Waals surface area contributed by atoms with Gasteiger partial charge in [-0.2, -0.15) is 17.6 Å². The zero-order valence-electron chi connectivity index (χ0n) is 15.4. The first-order valence-corrected chi connectivity index (χ1v) is 8.86. The third-order valence-corrected chi connectivity index (χ3v) is 4.52. The fraction of sp³-hybridized carbons (Fsp3) is 0.300. The number of hydrogen-bond acceptors (Lipinski definition) is 3. The van der Waals surface area contributed by atoms with Gasteiger partial charge in [-0.15, -0.1) is 0 Å². The Hall–Kier alpha value is -3.10. The predicted octanol–water partition coefficient (Wildman–Crippen LogP) is 4.69. The lowest BCUT2D eigenvalue weighted by atomic mass is 10.1. The van der Waals surface area contributed by atoms with Gasteiger partial charge in [-0.25, -0.2) is 0 Å². The molecule has 29 heavy (non-hydrogen) atoms. The quantitative estimate of drug-likeness (QED) is 0.703. The highest BCUT2D eigenvalue weighted by Gasteiger charge is 2.44. The van der Waals surface area contributed by atoms with Gasteiger partial charge in [0, 0.05) is 23.8 Å². The van der Waals surface area contributed by atoms with E-state index in [1.807, 2.05) is 6.92 Å². The SMILES string of the molecule is CC1CCC(=O)N1c1ccc(NC(=O)c2ccccc2OC(F)(F)C(F)F)cc1. The van der Waals surface area contributed by atoms with E-state index in [-0.39, 0.29) is 17.5 Å². The Morgan fingerprint density at radius 2 is 1.83 bits per heavy atom. The first-order valence-electron chi connectivity index (χ1n) is 8.86. The van der Waals surface area contributed by atoms with Crippen molar-refractivity contribution in [3.05, 3.63) is 54.1 Å². The fourth-order valence-electron chi connectivity index (χ4n) is 3.06. The molecule has 0 spiro atoms.